The number of benzene rings is 1. The van der Waals surface area contributed by atoms with Crippen LogP contribution in [0.1, 0.15) is 17.4 Å². The molecule has 86 valence electrons. The maximum Gasteiger partial charge on any atom is 0.169 e. The SMILES string of the molecule is CCOc1cccc(-c2cccnc2C=O)c1. The third-order valence-electron chi connectivity index (χ3n) is 2.41. The van der Waals surface area contributed by atoms with E-state index in [4.69, 9.17) is 4.74 Å². The molecule has 17 heavy (non-hydrogen) atoms. The Balaban J connectivity index is 2.45. The highest BCUT2D eigenvalue weighted by Crippen LogP contribution is 2.25. The normalized spacial score (nSPS) is 9.94. The third-order valence-corrected chi connectivity index (χ3v) is 2.41. The first kappa shape index (κ1) is 11.3. The van der Waals surface area contributed by atoms with Gasteiger partial charge < -0.3 is 4.74 Å². The Morgan fingerprint density at radius 3 is 2.94 bits per heavy atom. The first-order valence-electron chi connectivity index (χ1n) is 5.48. The van der Waals surface area contributed by atoms with Gasteiger partial charge >= 0.3 is 0 Å². The van der Waals surface area contributed by atoms with Gasteiger partial charge in [0.25, 0.3) is 0 Å². The monoisotopic (exact) mass is 227 g/mol. The van der Waals surface area contributed by atoms with E-state index < -0.39 is 0 Å². The summed E-state index contributed by atoms with van der Waals surface area (Å²) >= 11 is 0. The molecule has 2 aromatic rings. The highest BCUT2D eigenvalue weighted by atomic mass is 16.5. The number of carbonyl (C=O) groups excluding carboxylic acids is 1. The van der Waals surface area contributed by atoms with Crippen LogP contribution in [-0.4, -0.2) is 17.9 Å². The lowest BCUT2D eigenvalue weighted by Gasteiger charge is -2.07. The molecule has 0 amide bonds. The number of rotatable bonds is 4. The van der Waals surface area contributed by atoms with Crippen molar-refractivity contribution in [1.82, 2.24) is 4.98 Å². The molecule has 0 spiro atoms. The summed E-state index contributed by atoms with van der Waals surface area (Å²) in [5.74, 6) is 0.797. The van der Waals surface area contributed by atoms with Crippen molar-refractivity contribution in [3.05, 3.63) is 48.3 Å². The van der Waals surface area contributed by atoms with Gasteiger partial charge in [0, 0.05) is 11.8 Å². The van der Waals surface area contributed by atoms with Crippen molar-refractivity contribution in [2.45, 2.75) is 6.92 Å². The molecule has 0 saturated carbocycles. The van der Waals surface area contributed by atoms with E-state index in [1.807, 2.05) is 43.3 Å². The molecule has 1 aromatic heterocycles. The zero-order valence-electron chi connectivity index (χ0n) is 9.59. The molecule has 2 rings (SSSR count). The van der Waals surface area contributed by atoms with Crippen LogP contribution < -0.4 is 4.74 Å². The topological polar surface area (TPSA) is 39.2 Å². The van der Waals surface area contributed by atoms with E-state index in [-0.39, 0.29) is 0 Å². The Morgan fingerprint density at radius 2 is 2.18 bits per heavy atom. The van der Waals surface area contributed by atoms with E-state index in [0.717, 1.165) is 23.2 Å². The molecule has 0 aliphatic rings. The maximum atomic E-state index is 10.9. The van der Waals surface area contributed by atoms with Crippen molar-refractivity contribution >= 4 is 6.29 Å². The van der Waals surface area contributed by atoms with Crippen molar-refractivity contribution < 1.29 is 9.53 Å². The number of carbonyl (C=O) groups is 1. The third kappa shape index (κ3) is 2.50. The first-order chi connectivity index (χ1) is 8.35. The van der Waals surface area contributed by atoms with E-state index in [1.54, 1.807) is 6.20 Å². The second-order valence-electron chi connectivity index (χ2n) is 3.51. The van der Waals surface area contributed by atoms with Gasteiger partial charge in [-0.2, -0.15) is 0 Å². The van der Waals surface area contributed by atoms with E-state index in [9.17, 15) is 4.79 Å². The summed E-state index contributed by atoms with van der Waals surface area (Å²) in [5.41, 5.74) is 2.20. The Bertz CT molecular complexity index is 523. The molecule has 1 heterocycles. The van der Waals surface area contributed by atoms with Gasteiger partial charge in [-0.3, -0.25) is 9.78 Å². The Labute approximate surface area is 100 Å². The van der Waals surface area contributed by atoms with Crippen LogP contribution in [-0.2, 0) is 0 Å². The molecular weight excluding hydrogens is 214 g/mol. The van der Waals surface area contributed by atoms with Gasteiger partial charge in [0.2, 0.25) is 0 Å². The average molecular weight is 227 g/mol. The standard InChI is InChI=1S/C14H13NO2/c1-2-17-12-6-3-5-11(9-12)13-7-4-8-15-14(13)10-16/h3-10H,2H2,1H3. The lowest BCUT2D eigenvalue weighted by atomic mass is 10.0. The highest BCUT2D eigenvalue weighted by molar-refractivity contribution is 5.85. The largest absolute Gasteiger partial charge is 0.494 e. The molecule has 1 aromatic carbocycles. The van der Waals surface area contributed by atoms with Gasteiger partial charge in [0.1, 0.15) is 11.4 Å². The smallest absolute Gasteiger partial charge is 0.169 e. The Kier molecular flexibility index (Phi) is 3.50. The van der Waals surface area contributed by atoms with Crippen molar-refractivity contribution in [3.8, 4) is 16.9 Å². The van der Waals surface area contributed by atoms with E-state index in [1.165, 1.54) is 0 Å². The molecule has 0 radical (unpaired) electrons. The summed E-state index contributed by atoms with van der Waals surface area (Å²) in [6.07, 6.45) is 2.38. The summed E-state index contributed by atoms with van der Waals surface area (Å²) in [6.45, 7) is 2.56. The Hall–Kier alpha value is -2.16. The van der Waals surface area contributed by atoms with Crippen molar-refractivity contribution in [2.24, 2.45) is 0 Å². The fraction of sp³-hybridized carbons (Fsp3) is 0.143. The van der Waals surface area contributed by atoms with Gasteiger partial charge in [0.15, 0.2) is 6.29 Å². The molecule has 3 nitrogen and oxygen atoms in total. The fourth-order valence-corrected chi connectivity index (χ4v) is 1.68. The second kappa shape index (κ2) is 5.25. The summed E-state index contributed by atoms with van der Waals surface area (Å²) in [6, 6.07) is 11.3. The number of pyridine rings is 1. The van der Waals surface area contributed by atoms with Crippen LogP contribution in [0.5, 0.6) is 5.75 Å². The molecule has 0 bridgehead atoms. The van der Waals surface area contributed by atoms with Gasteiger partial charge in [-0.25, -0.2) is 0 Å². The first-order valence-corrected chi connectivity index (χ1v) is 5.48. The highest BCUT2D eigenvalue weighted by Gasteiger charge is 2.05. The Morgan fingerprint density at radius 1 is 1.29 bits per heavy atom. The molecule has 0 aliphatic heterocycles. The lowest BCUT2D eigenvalue weighted by Crippen LogP contribution is -1.93. The molecule has 3 heteroatoms. The zero-order chi connectivity index (χ0) is 12.1. The van der Waals surface area contributed by atoms with Crippen LogP contribution in [0, 0.1) is 0 Å². The van der Waals surface area contributed by atoms with Crippen molar-refractivity contribution in [2.75, 3.05) is 6.61 Å². The number of aldehydes is 1. The molecule has 0 fully saturated rings. The van der Waals surface area contributed by atoms with Crippen LogP contribution in [0.3, 0.4) is 0 Å². The fourth-order valence-electron chi connectivity index (χ4n) is 1.68. The summed E-state index contributed by atoms with van der Waals surface area (Å²) in [7, 11) is 0. The van der Waals surface area contributed by atoms with E-state index >= 15 is 0 Å². The predicted molar refractivity (Wildman–Crippen MR) is 66.2 cm³/mol. The number of nitrogens with zero attached hydrogens (tertiary/aromatic N) is 1. The average Bonchev–Trinajstić information content (AvgIpc) is 2.39. The lowest BCUT2D eigenvalue weighted by molar-refractivity contribution is 0.111. The predicted octanol–water partition coefficient (Wildman–Crippen LogP) is 2.96. The number of aromatic nitrogens is 1. The van der Waals surface area contributed by atoms with Crippen molar-refractivity contribution in [3.63, 3.8) is 0 Å². The summed E-state index contributed by atoms with van der Waals surface area (Å²) in [4.78, 5) is 15.0. The van der Waals surface area contributed by atoms with E-state index in [0.29, 0.717) is 12.3 Å². The molecule has 0 saturated heterocycles. The van der Waals surface area contributed by atoms with Crippen LogP contribution in [0.15, 0.2) is 42.6 Å². The number of ether oxygens (including phenoxy) is 1. The summed E-state index contributed by atoms with van der Waals surface area (Å²) in [5, 5.41) is 0. The van der Waals surface area contributed by atoms with Gasteiger partial charge in [0.05, 0.1) is 6.61 Å². The van der Waals surface area contributed by atoms with Crippen molar-refractivity contribution in [1.29, 1.82) is 0 Å². The minimum Gasteiger partial charge on any atom is -0.494 e. The minimum atomic E-state index is 0.446. The quantitative estimate of drug-likeness (QED) is 0.754. The van der Waals surface area contributed by atoms with Gasteiger partial charge in [-0.1, -0.05) is 18.2 Å². The van der Waals surface area contributed by atoms with Gasteiger partial charge in [-0.05, 0) is 30.7 Å². The van der Waals surface area contributed by atoms with Gasteiger partial charge in [-0.15, -0.1) is 0 Å². The zero-order valence-corrected chi connectivity index (χ0v) is 9.59. The van der Waals surface area contributed by atoms with Crippen LogP contribution in [0.2, 0.25) is 0 Å². The second-order valence-corrected chi connectivity index (χ2v) is 3.51. The van der Waals surface area contributed by atoms with Crippen LogP contribution >= 0.6 is 0 Å². The molecule has 0 atom stereocenters. The number of hydrogen-bond donors (Lipinski definition) is 0. The summed E-state index contributed by atoms with van der Waals surface area (Å²) < 4.78 is 5.43. The maximum absolute atomic E-state index is 10.9. The van der Waals surface area contributed by atoms with Crippen LogP contribution in [0.4, 0.5) is 0 Å². The molecular formula is C14H13NO2. The molecule has 0 aliphatic carbocycles. The van der Waals surface area contributed by atoms with Crippen LogP contribution in [0.25, 0.3) is 11.1 Å². The van der Waals surface area contributed by atoms with E-state index in [2.05, 4.69) is 4.98 Å². The minimum absolute atomic E-state index is 0.446. The number of hydrogen-bond acceptors (Lipinski definition) is 3. The molecule has 0 unspecified atom stereocenters. The molecule has 0 N–H and O–H groups in total.